The third-order valence-electron chi connectivity index (χ3n) is 2.92. The summed E-state index contributed by atoms with van der Waals surface area (Å²) in [6, 6.07) is 4.58. The molecule has 22 heavy (non-hydrogen) atoms. The fourth-order valence-corrected chi connectivity index (χ4v) is 2.53. The Morgan fingerprint density at radius 3 is 2.82 bits per heavy atom. The summed E-state index contributed by atoms with van der Waals surface area (Å²) in [6.07, 6.45) is 0. The van der Waals surface area contributed by atoms with Crippen LogP contribution in [0.25, 0.3) is 11.3 Å². The number of nitrogens with one attached hydrogen (secondary N) is 1. The van der Waals surface area contributed by atoms with Crippen LogP contribution in [0.15, 0.2) is 39.5 Å². The molecule has 2 aromatic heterocycles. The van der Waals surface area contributed by atoms with Gasteiger partial charge in [-0.25, -0.2) is 8.78 Å². The van der Waals surface area contributed by atoms with Gasteiger partial charge in [-0.2, -0.15) is 11.3 Å². The second-order valence-electron chi connectivity index (χ2n) is 4.36. The lowest BCUT2D eigenvalue weighted by molar-refractivity contribution is 0.102. The third kappa shape index (κ3) is 2.56. The van der Waals surface area contributed by atoms with Gasteiger partial charge in [0.1, 0.15) is 22.9 Å². The van der Waals surface area contributed by atoms with Gasteiger partial charge in [-0.1, -0.05) is 5.16 Å². The molecule has 0 aliphatic heterocycles. The number of nitrogen functional groups attached to an aromatic ring is 1. The van der Waals surface area contributed by atoms with Crippen LogP contribution in [0.3, 0.4) is 0 Å². The van der Waals surface area contributed by atoms with Crippen LogP contribution in [0, 0.1) is 11.6 Å². The number of nitrogens with zero attached hydrogens (tertiary/aromatic N) is 1. The van der Waals surface area contributed by atoms with Crippen LogP contribution in [0.5, 0.6) is 0 Å². The SMILES string of the molecule is Nc1onc(-c2ccsc2)c1C(=O)Nc1ccc(F)cc1F. The quantitative estimate of drug-likeness (QED) is 0.773. The summed E-state index contributed by atoms with van der Waals surface area (Å²) in [5.74, 6) is -2.49. The Hall–Kier alpha value is -2.74. The third-order valence-corrected chi connectivity index (χ3v) is 3.60. The number of hydrogen-bond acceptors (Lipinski definition) is 5. The smallest absolute Gasteiger partial charge is 0.263 e. The first kappa shape index (κ1) is 14.2. The Morgan fingerprint density at radius 1 is 1.32 bits per heavy atom. The van der Waals surface area contributed by atoms with Gasteiger partial charge in [-0.3, -0.25) is 4.79 Å². The summed E-state index contributed by atoms with van der Waals surface area (Å²) in [7, 11) is 0. The number of benzene rings is 1. The number of halogens is 2. The summed E-state index contributed by atoms with van der Waals surface area (Å²) in [5.41, 5.74) is 6.39. The molecule has 1 amide bonds. The Bertz CT molecular complexity index is 831. The second kappa shape index (κ2) is 5.57. The van der Waals surface area contributed by atoms with Crippen LogP contribution >= 0.6 is 11.3 Å². The summed E-state index contributed by atoms with van der Waals surface area (Å²) in [5, 5.41) is 9.65. The number of anilines is 2. The monoisotopic (exact) mass is 321 g/mol. The minimum Gasteiger partial charge on any atom is -0.367 e. The molecule has 0 bridgehead atoms. The molecule has 0 unspecified atom stereocenters. The highest BCUT2D eigenvalue weighted by Crippen LogP contribution is 2.29. The van der Waals surface area contributed by atoms with Crippen molar-refractivity contribution in [2.75, 3.05) is 11.1 Å². The average molecular weight is 321 g/mol. The van der Waals surface area contributed by atoms with Gasteiger partial charge < -0.3 is 15.6 Å². The molecular formula is C14H9F2N3O2S. The van der Waals surface area contributed by atoms with Crippen LogP contribution in [0.2, 0.25) is 0 Å². The molecule has 3 N–H and O–H groups in total. The van der Waals surface area contributed by atoms with Crippen molar-refractivity contribution >= 4 is 28.8 Å². The first-order valence-electron chi connectivity index (χ1n) is 6.10. The number of nitrogens with two attached hydrogens (primary N) is 1. The van der Waals surface area contributed by atoms with E-state index in [0.717, 1.165) is 12.1 Å². The van der Waals surface area contributed by atoms with Crippen LogP contribution in [0.4, 0.5) is 20.4 Å². The normalized spacial score (nSPS) is 10.6. The predicted molar refractivity (Wildman–Crippen MR) is 78.5 cm³/mol. The second-order valence-corrected chi connectivity index (χ2v) is 5.14. The molecule has 0 saturated carbocycles. The van der Waals surface area contributed by atoms with Crippen molar-refractivity contribution < 1.29 is 18.1 Å². The van der Waals surface area contributed by atoms with E-state index in [1.807, 2.05) is 5.38 Å². The highest BCUT2D eigenvalue weighted by atomic mass is 32.1. The minimum atomic E-state index is -0.888. The van der Waals surface area contributed by atoms with Gasteiger partial charge in [0.15, 0.2) is 0 Å². The molecule has 8 heteroatoms. The van der Waals surface area contributed by atoms with Crippen LogP contribution in [-0.4, -0.2) is 11.1 Å². The summed E-state index contributed by atoms with van der Waals surface area (Å²) < 4.78 is 31.3. The van der Waals surface area contributed by atoms with Crippen molar-refractivity contribution in [1.82, 2.24) is 5.16 Å². The lowest BCUT2D eigenvalue weighted by Crippen LogP contribution is -2.15. The van der Waals surface area contributed by atoms with E-state index in [1.165, 1.54) is 11.3 Å². The summed E-state index contributed by atoms with van der Waals surface area (Å²) in [6.45, 7) is 0. The zero-order valence-electron chi connectivity index (χ0n) is 11.0. The first-order chi connectivity index (χ1) is 10.6. The fraction of sp³-hybridized carbons (Fsp3) is 0. The van der Waals surface area contributed by atoms with Crippen molar-refractivity contribution in [3.8, 4) is 11.3 Å². The van der Waals surface area contributed by atoms with Gasteiger partial charge >= 0.3 is 0 Å². The summed E-state index contributed by atoms with van der Waals surface area (Å²) >= 11 is 1.42. The van der Waals surface area contributed by atoms with E-state index in [9.17, 15) is 13.6 Å². The number of hydrogen-bond donors (Lipinski definition) is 2. The molecule has 0 aliphatic rings. The first-order valence-corrected chi connectivity index (χ1v) is 7.04. The molecule has 3 rings (SSSR count). The Kier molecular flexibility index (Phi) is 3.60. The lowest BCUT2D eigenvalue weighted by Gasteiger charge is -2.06. The molecule has 5 nitrogen and oxygen atoms in total. The van der Waals surface area contributed by atoms with E-state index >= 15 is 0 Å². The van der Waals surface area contributed by atoms with Crippen LogP contribution in [-0.2, 0) is 0 Å². The maximum Gasteiger partial charge on any atom is 0.263 e. The van der Waals surface area contributed by atoms with E-state index < -0.39 is 17.5 Å². The van der Waals surface area contributed by atoms with Gasteiger partial charge in [-0.15, -0.1) is 0 Å². The number of rotatable bonds is 3. The number of carbonyl (C=O) groups excluding carboxylic acids is 1. The van der Waals surface area contributed by atoms with Crippen LogP contribution in [0.1, 0.15) is 10.4 Å². The highest BCUT2D eigenvalue weighted by Gasteiger charge is 2.23. The Labute approximate surface area is 127 Å². The standard InChI is InChI=1S/C14H9F2N3O2S/c15-8-1-2-10(9(16)5-8)18-14(20)11-12(19-21-13(11)17)7-3-4-22-6-7/h1-6H,17H2,(H,18,20). The largest absolute Gasteiger partial charge is 0.367 e. The molecule has 2 heterocycles. The fourth-order valence-electron chi connectivity index (χ4n) is 1.89. The number of amides is 1. The van der Waals surface area contributed by atoms with Crippen molar-refractivity contribution in [1.29, 1.82) is 0 Å². The van der Waals surface area contributed by atoms with Crippen molar-refractivity contribution in [3.63, 3.8) is 0 Å². The van der Waals surface area contributed by atoms with Gasteiger partial charge in [0.05, 0.1) is 5.69 Å². The van der Waals surface area contributed by atoms with Crippen molar-refractivity contribution in [3.05, 3.63) is 52.2 Å². The summed E-state index contributed by atoms with van der Waals surface area (Å²) in [4.78, 5) is 12.3. The Morgan fingerprint density at radius 2 is 2.14 bits per heavy atom. The lowest BCUT2D eigenvalue weighted by atomic mass is 10.1. The van der Waals surface area contributed by atoms with Crippen LogP contribution < -0.4 is 11.1 Å². The van der Waals surface area contributed by atoms with E-state index in [1.54, 1.807) is 11.4 Å². The Balaban J connectivity index is 1.94. The molecule has 3 aromatic rings. The van der Waals surface area contributed by atoms with Gasteiger partial charge in [-0.05, 0) is 23.6 Å². The van der Waals surface area contributed by atoms with E-state index in [2.05, 4.69) is 10.5 Å². The van der Waals surface area contributed by atoms with E-state index in [0.29, 0.717) is 11.6 Å². The van der Waals surface area contributed by atoms with Gasteiger partial charge in [0.2, 0.25) is 5.88 Å². The maximum atomic E-state index is 13.6. The predicted octanol–water partition coefficient (Wildman–Crippen LogP) is 3.52. The minimum absolute atomic E-state index is 0.00197. The van der Waals surface area contributed by atoms with Gasteiger partial charge in [0.25, 0.3) is 5.91 Å². The molecule has 0 radical (unpaired) electrons. The van der Waals surface area contributed by atoms with Crippen molar-refractivity contribution in [2.24, 2.45) is 0 Å². The van der Waals surface area contributed by atoms with E-state index in [-0.39, 0.29) is 22.8 Å². The highest BCUT2D eigenvalue weighted by molar-refractivity contribution is 7.08. The zero-order valence-corrected chi connectivity index (χ0v) is 11.8. The average Bonchev–Trinajstić information content (AvgIpc) is 3.10. The molecule has 0 saturated heterocycles. The molecule has 1 aromatic carbocycles. The van der Waals surface area contributed by atoms with Gasteiger partial charge in [0, 0.05) is 17.0 Å². The van der Waals surface area contributed by atoms with Crippen molar-refractivity contribution in [2.45, 2.75) is 0 Å². The zero-order chi connectivity index (χ0) is 15.7. The molecule has 0 aliphatic carbocycles. The van der Waals surface area contributed by atoms with E-state index in [4.69, 9.17) is 10.3 Å². The number of aromatic nitrogens is 1. The maximum absolute atomic E-state index is 13.6. The number of carbonyl (C=O) groups is 1. The molecular weight excluding hydrogens is 312 g/mol. The molecule has 112 valence electrons. The molecule has 0 atom stereocenters. The molecule has 0 fully saturated rings. The number of thiophene rings is 1. The topological polar surface area (TPSA) is 81.2 Å². The molecule has 0 spiro atoms.